The Labute approximate surface area is 80.7 Å². The van der Waals surface area contributed by atoms with Crippen molar-refractivity contribution in [2.24, 2.45) is 0 Å². The van der Waals surface area contributed by atoms with E-state index in [0.717, 1.165) is 22.8 Å². The van der Waals surface area contributed by atoms with Crippen molar-refractivity contribution < 1.29 is 9.53 Å². The van der Waals surface area contributed by atoms with Gasteiger partial charge in [-0.3, -0.25) is 4.79 Å². The third kappa shape index (κ3) is 0.930. The lowest BCUT2D eigenvalue weighted by atomic mass is 10.1. The number of nitrogens with one attached hydrogen (secondary N) is 1. The van der Waals surface area contributed by atoms with Crippen LogP contribution in [0.3, 0.4) is 0 Å². The Hall–Kier alpha value is -1.61. The summed E-state index contributed by atoms with van der Waals surface area (Å²) < 4.78 is 5.33. The number of carbonyl (C=O) groups is 1. The fourth-order valence-electron chi connectivity index (χ4n) is 1.92. The Morgan fingerprint density at radius 2 is 2.07 bits per heavy atom. The zero-order valence-electron chi connectivity index (χ0n) is 7.54. The zero-order chi connectivity index (χ0) is 9.54. The first-order valence-corrected chi connectivity index (χ1v) is 4.54. The lowest BCUT2D eigenvalue weighted by Gasteiger charge is -1.97. The number of benzene rings is 1. The summed E-state index contributed by atoms with van der Waals surface area (Å²) in [5.41, 5.74) is 4.14. The van der Waals surface area contributed by atoms with E-state index in [2.05, 4.69) is 11.1 Å². The molecule has 1 aromatic carbocycles. The minimum absolute atomic E-state index is 0.661. The van der Waals surface area contributed by atoms with Gasteiger partial charge in [-0.2, -0.15) is 0 Å². The molecule has 2 heterocycles. The molecule has 0 bridgehead atoms. The third-order valence-corrected chi connectivity index (χ3v) is 2.68. The molecule has 0 radical (unpaired) electrons. The first kappa shape index (κ1) is 7.76. The third-order valence-electron chi connectivity index (χ3n) is 2.68. The number of ether oxygens (including phenoxy) is 1. The number of aromatic amines is 1. The number of rotatable bonds is 1. The molecule has 0 saturated heterocycles. The minimum Gasteiger partial charge on any atom is -0.372 e. The molecule has 1 aromatic heterocycles. The topological polar surface area (TPSA) is 42.1 Å². The number of H-pyrrole nitrogens is 1. The molecule has 0 spiro atoms. The van der Waals surface area contributed by atoms with Gasteiger partial charge in [0.1, 0.15) is 0 Å². The average Bonchev–Trinajstić information content (AvgIpc) is 2.78. The minimum atomic E-state index is 0.661. The number of hydrogen-bond acceptors (Lipinski definition) is 2. The van der Waals surface area contributed by atoms with Crippen LogP contribution in [0, 0.1) is 0 Å². The molecule has 2 aromatic rings. The molecule has 0 amide bonds. The maximum atomic E-state index is 10.7. The molecule has 14 heavy (non-hydrogen) atoms. The summed E-state index contributed by atoms with van der Waals surface area (Å²) in [4.78, 5) is 13.8. The molecule has 3 rings (SSSR count). The Morgan fingerprint density at radius 3 is 2.86 bits per heavy atom. The monoisotopic (exact) mass is 187 g/mol. The number of aromatic nitrogens is 1. The molecule has 1 N–H and O–H groups in total. The summed E-state index contributed by atoms with van der Waals surface area (Å²) in [6.45, 7) is 1.34. The van der Waals surface area contributed by atoms with E-state index in [4.69, 9.17) is 4.74 Å². The van der Waals surface area contributed by atoms with E-state index >= 15 is 0 Å². The summed E-state index contributed by atoms with van der Waals surface area (Å²) >= 11 is 0. The van der Waals surface area contributed by atoms with Gasteiger partial charge in [-0.1, -0.05) is 0 Å². The van der Waals surface area contributed by atoms with Crippen LogP contribution in [-0.4, -0.2) is 11.3 Å². The molecule has 3 heteroatoms. The molecule has 70 valence electrons. The van der Waals surface area contributed by atoms with Crippen LogP contribution >= 0.6 is 0 Å². The second-order valence-corrected chi connectivity index (χ2v) is 3.52. The Bertz CT molecular complexity index is 513. The summed E-state index contributed by atoms with van der Waals surface area (Å²) in [5.74, 6) is 0. The molecular formula is C11H9NO2. The van der Waals surface area contributed by atoms with Crippen molar-refractivity contribution in [3.05, 3.63) is 35.0 Å². The van der Waals surface area contributed by atoms with E-state index in [9.17, 15) is 4.79 Å². The van der Waals surface area contributed by atoms with Crippen molar-refractivity contribution in [1.82, 2.24) is 4.98 Å². The van der Waals surface area contributed by atoms with E-state index in [-0.39, 0.29) is 0 Å². The van der Waals surface area contributed by atoms with Gasteiger partial charge in [-0.25, -0.2) is 0 Å². The summed E-state index contributed by atoms with van der Waals surface area (Å²) in [7, 11) is 0. The van der Waals surface area contributed by atoms with Crippen LogP contribution in [0.5, 0.6) is 0 Å². The van der Waals surface area contributed by atoms with Crippen molar-refractivity contribution >= 4 is 17.2 Å². The van der Waals surface area contributed by atoms with Gasteiger partial charge in [-0.05, 0) is 23.3 Å². The number of hydrogen-bond donors (Lipinski definition) is 1. The van der Waals surface area contributed by atoms with Crippen molar-refractivity contribution in [2.75, 3.05) is 0 Å². The number of aldehydes is 1. The standard InChI is InChI=1S/C11H9NO2/c13-4-9-3-12-11-2-8-6-14-5-7(8)1-10(9)11/h1-4,12H,5-6H2. The van der Waals surface area contributed by atoms with E-state index in [1.54, 1.807) is 6.20 Å². The summed E-state index contributed by atoms with van der Waals surface area (Å²) in [5, 5.41) is 0.990. The lowest BCUT2D eigenvalue weighted by Crippen LogP contribution is -1.83. The highest BCUT2D eigenvalue weighted by Gasteiger charge is 2.13. The van der Waals surface area contributed by atoms with Gasteiger partial charge in [0.2, 0.25) is 0 Å². The van der Waals surface area contributed by atoms with Crippen LogP contribution in [-0.2, 0) is 18.0 Å². The average molecular weight is 187 g/mol. The van der Waals surface area contributed by atoms with Gasteiger partial charge in [-0.15, -0.1) is 0 Å². The second kappa shape index (κ2) is 2.69. The molecule has 3 nitrogen and oxygen atoms in total. The quantitative estimate of drug-likeness (QED) is 0.694. The van der Waals surface area contributed by atoms with Gasteiger partial charge >= 0.3 is 0 Å². The van der Waals surface area contributed by atoms with E-state index in [0.29, 0.717) is 13.2 Å². The highest BCUT2D eigenvalue weighted by Crippen LogP contribution is 2.26. The Kier molecular flexibility index (Phi) is 1.49. The van der Waals surface area contributed by atoms with Gasteiger partial charge in [0.25, 0.3) is 0 Å². The van der Waals surface area contributed by atoms with Crippen LogP contribution in [0.1, 0.15) is 21.5 Å². The van der Waals surface area contributed by atoms with Crippen LogP contribution in [0.25, 0.3) is 10.9 Å². The highest BCUT2D eigenvalue weighted by molar-refractivity contribution is 5.97. The predicted octanol–water partition coefficient (Wildman–Crippen LogP) is 2.01. The van der Waals surface area contributed by atoms with Gasteiger partial charge in [0.15, 0.2) is 6.29 Å². The number of carbonyl (C=O) groups excluding carboxylic acids is 1. The second-order valence-electron chi connectivity index (χ2n) is 3.52. The summed E-state index contributed by atoms with van der Waals surface area (Å²) in [6, 6.07) is 4.10. The Morgan fingerprint density at radius 1 is 1.29 bits per heavy atom. The first-order valence-electron chi connectivity index (χ1n) is 4.54. The van der Waals surface area contributed by atoms with Crippen LogP contribution in [0.15, 0.2) is 18.3 Å². The van der Waals surface area contributed by atoms with Crippen molar-refractivity contribution in [2.45, 2.75) is 13.2 Å². The molecular weight excluding hydrogens is 178 g/mol. The smallest absolute Gasteiger partial charge is 0.152 e. The Balaban J connectivity index is 2.35. The molecule has 0 fully saturated rings. The summed E-state index contributed by atoms with van der Waals surface area (Å²) in [6.07, 6.45) is 2.62. The number of fused-ring (bicyclic) bond motifs is 2. The molecule has 1 aliphatic rings. The van der Waals surface area contributed by atoms with Crippen molar-refractivity contribution in [3.63, 3.8) is 0 Å². The first-order chi connectivity index (χ1) is 6.88. The van der Waals surface area contributed by atoms with E-state index in [1.165, 1.54) is 11.1 Å². The van der Waals surface area contributed by atoms with Crippen molar-refractivity contribution in [1.29, 1.82) is 0 Å². The fourth-order valence-corrected chi connectivity index (χ4v) is 1.92. The van der Waals surface area contributed by atoms with Gasteiger partial charge < -0.3 is 9.72 Å². The van der Waals surface area contributed by atoms with Crippen molar-refractivity contribution in [3.8, 4) is 0 Å². The van der Waals surface area contributed by atoms with E-state index < -0.39 is 0 Å². The maximum Gasteiger partial charge on any atom is 0.152 e. The fraction of sp³-hybridized carbons (Fsp3) is 0.182. The molecule has 0 aliphatic carbocycles. The van der Waals surface area contributed by atoms with Crippen LogP contribution in [0.4, 0.5) is 0 Å². The zero-order valence-corrected chi connectivity index (χ0v) is 7.54. The lowest BCUT2D eigenvalue weighted by molar-refractivity contribution is 0.112. The van der Waals surface area contributed by atoms with Crippen LogP contribution < -0.4 is 0 Å². The van der Waals surface area contributed by atoms with Gasteiger partial charge in [0, 0.05) is 22.7 Å². The maximum absolute atomic E-state index is 10.7. The molecule has 0 saturated carbocycles. The molecule has 0 atom stereocenters. The van der Waals surface area contributed by atoms with Crippen LogP contribution in [0.2, 0.25) is 0 Å². The largest absolute Gasteiger partial charge is 0.372 e. The molecule has 1 aliphatic heterocycles. The van der Waals surface area contributed by atoms with Gasteiger partial charge in [0.05, 0.1) is 13.2 Å². The van der Waals surface area contributed by atoms with E-state index in [1.807, 2.05) is 6.07 Å². The normalized spacial score (nSPS) is 14.6. The predicted molar refractivity (Wildman–Crippen MR) is 52.2 cm³/mol. The SMILES string of the molecule is O=Cc1c[nH]c2cc3c(cc12)COC3. The highest BCUT2D eigenvalue weighted by atomic mass is 16.5. The molecule has 0 unspecified atom stereocenters.